The van der Waals surface area contributed by atoms with Crippen molar-refractivity contribution in [1.29, 1.82) is 0 Å². The summed E-state index contributed by atoms with van der Waals surface area (Å²) in [5, 5.41) is 9.43. The molecule has 0 heterocycles. The van der Waals surface area contributed by atoms with Gasteiger partial charge in [-0.25, -0.2) is 8.78 Å². The zero-order chi connectivity index (χ0) is 10.0. The molecule has 0 saturated carbocycles. The summed E-state index contributed by atoms with van der Waals surface area (Å²) in [5.74, 6) is -1.38. The van der Waals surface area contributed by atoms with Crippen LogP contribution in [0.25, 0.3) is 0 Å². The van der Waals surface area contributed by atoms with E-state index in [1.54, 1.807) is 14.1 Å². The van der Waals surface area contributed by atoms with Crippen LogP contribution in [0.1, 0.15) is 11.8 Å². The van der Waals surface area contributed by atoms with Crippen LogP contribution in [0.5, 0.6) is 0 Å². The van der Waals surface area contributed by atoms with Gasteiger partial charge in [-0.2, -0.15) is 0 Å². The van der Waals surface area contributed by atoms with E-state index in [1.165, 1.54) is 11.0 Å². The maximum Gasteiger partial charge on any atom is 0.135 e. The first-order valence-corrected chi connectivity index (χ1v) is 3.82. The Morgan fingerprint density at radius 3 is 2.38 bits per heavy atom. The van der Waals surface area contributed by atoms with Crippen LogP contribution in [0.3, 0.4) is 0 Å². The van der Waals surface area contributed by atoms with E-state index in [0.29, 0.717) is 0 Å². The van der Waals surface area contributed by atoms with Crippen molar-refractivity contribution in [3.8, 4) is 0 Å². The minimum Gasteiger partial charge on any atom is -0.374 e. The smallest absolute Gasteiger partial charge is 0.135 e. The van der Waals surface area contributed by atoms with Crippen LogP contribution in [-0.4, -0.2) is 24.1 Å². The Morgan fingerprint density at radius 1 is 1.31 bits per heavy atom. The normalized spacial score (nSPS) is 13.4. The molecule has 1 unspecified atom stereocenters. The van der Waals surface area contributed by atoms with Gasteiger partial charge in [0, 0.05) is 11.6 Å². The van der Waals surface area contributed by atoms with Crippen LogP contribution in [0, 0.1) is 11.6 Å². The monoisotopic (exact) mass is 187 g/mol. The summed E-state index contributed by atoms with van der Waals surface area (Å²) in [6.45, 7) is 0. The van der Waals surface area contributed by atoms with Crippen LogP contribution in [0.15, 0.2) is 18.2 Å². The van der Waals surface area contributed by atoms with Crippen molar-refractivity contribution in [2.75, 3.05) is 14.1 Å². The Morgan fingerprint density at radius 2 is 1.92 bits per heavy atom. The highest BCUT2D eigenvalue weighted by Crippen LogP contribution is 2.18. The fraction of sp³-hybridized carbons (Fsp3) is 0.333. The fourth-order valence-corrected chi connectivity index (χ4v) is 0.989. The molecule has 0 fully saturated rings. The maximum atomic E-state index is 13.0. The van der Waals surface area contributed by atoms with Gasteiger partial charge in [0.05, 0.1) is 0 Å². The van der Waals surface area contributed by atoms with Gasteiger partial charge >= 0.3 is 0 Å². The average molecular weight is 187 g/mol. The average Bonchev–Trinajstić information content (AvgIpc) is 2.03. The lowest BCUT2D eigenvalue weighted by Crippen LogP contribution is -2.20. The fourth-order valence-electron chi connectivity index (χ4n) is 0.989. The Bertz CT molecular complexity index is 302. The van der Waals surface area contributed by atoms with E-state index in [4.69, 9.17) is 0 Å². The summed E-state index contributed by atoms with van der Waals surface area (Å²) >= 11 is 0. The van der Waals surface area contributed by atoms with Crippen LogP contribution in [0.2, 0.25) is 0 Å². The van der Waals surface area contributed by atoms with Gasteiger partial charge in [-0.1, -0.05) is 0 Å². The van der Waals surface area contributed by atoms with E-state index < -0.39 is 17.9 Å². The third-order valence-electron chi connectivity index (χ3n) is 1.73. The zero-order valence-corrected chi connectivity index (χ0v) is 7.46. The van der Waals surface area contributed by atoms with Gasteiger partial charge in [0.15, 0.2) is 0 Å². The molecule has 0 amide bonds. The van der Waals surface area contributed by atoms with Gasteiger partial charge in [-0.05, 0) is 26.2 Å². The van der Waals surface area contributed by atoms with Gasteiger partial charge in [0.1, 0.15) is 17.9 Å². The van der Waals surface area contributed by atoms with E-state index >= 15 is 0 Å². The second-order valence-electron chi connectivity index (χ2n) is 3.00. The lowest BCUT2D eigenvalue weighted by molar-refractivity contribution is 0.0364. The number of aliphatic hydroxyl groups is 1. The summed E-state index contributed by atoms with van der Waals surface area (Å²) in [5.41, 5.74) is 0.0754. The van der Waals surface area contributed by atoms with E-state index in [-0.39, 0.29) is 5.56 Å². The molecule has 1 atom stereocenters. The topological polar surface area (TPSA) is 23.5 Å². The molecule has 0 spiro atoms. The molecule has 0 radical (unpaired) electrons. The zero-order valence-electron chi connectivity index (χ0n) is 7.46. The van der Waals surface area contributed by atoms with Crippen molar-refractivity contribution in [3.05, 3.63) is 35.4 Å². The Balaban J connectivity index is 3.01. The quantitative estimate of drug-likeness (QED) is 0.709. The summed E-state index contributed by atoms with van der Waals surface area (Å²) in [6.07, 6.45) is -1.04. The molecule has 1 rings (SSSR count). The number of aliphatic hydroxyl groups excluding tert-OH is 1. The lowest BCUT2D eigenvalue weighted by atomic mass is 10.1. The van der Waals surface area contributed by atoms with Crippen molar-refractivity contribution < 1.29 is 13.9 Å². The van der Waals surface area contributed by atoms with Crippen LogP contribution < -0.4 is 0 Å². The molecule has 1 aromatic carbocycles. The summed E-state index contributed by atoms with van der Waals surface area (Å²) in [4.78, 5) is 1.43. The number of benzene rings is 1. The molecular weight excluding hydrogens is 176 g/mol. The van der Waals surface area contributed by atoms with Crippen LogP contribution in [-0.2, 0) is 0 Å². The summed E-state index contributed by atoms with van der Waals surface area (Å²) in [6, 6.07) is 3.10. The van der Waals surface area contributed by atoms with Gasteiger partial charge in [0.2, 0.25) is 0 Å². The van der Waals surface area contributed by atoms with Crippen molar-refractivity contribution >= 4 is 0 Å². The minimum absolute atomic E-state index is 0.0754. The maximum absolute atomic E-state index is 13.0. The van der Waals surface area contributed by atoms with E-state index in [9.17, 15) is 13.9 Å². The summed E-state index contributed by atoms with van der Waals surface area (Å²) < 4.78 is 25.5. The predicted octanol–water partition coefficient (Wildman–Crippen LogP) is 1.52. The molecular formula is C9H11F2NO. The summed E-state index contributed by atoms with van der Waals surface area (Å²) in [7, 11) is 3.21. The second kappa shape index (κ2) is 3.81. The number of rotatable bonds is 2. The van der Waals surface area contributed by atoms with E-state index in [2.05, 4.69) is 0 Å². The minimum atomic E-state index is -1.04. The predicted molar refractivity (Wildman–Crippen MR) is 45.0 cm³/mol. The first kappa shape index (κ1) is 10.1. The largest absolute Gasteiger partial charge is 0.374 e. The van der Waals surface area contributed by atoms with Crippen molar-refractivity contribution in [1.82, 2.24) is 4.90 Å². The number of hydrogen-bond acceptors (Lipinski definition) is 2. The molecule has 0 bridgehead atoms. The van der Waals surface area contributed by atoms with E-state index in [0.717, 1.165) is 12.1 Å². The van der Waals surface area contributed by atoms with Crippen LogP contribution >= 0.6 is 0 Å². The van der Waals surface area contributed by atoms with E-state index in [1.807, 2.05) is 0 Å². The standard InChI is InChI=1S/C9H11F2NO/c1-12(2)9(13)7-4-3-6(10)5-8(7)11/h3-5,9,13H,1-2H3. The second-order valence-corrected chi connectivity index (χ2v) is 3.00. The molecule has 13 heavy (non-hydrogen) atoms. The molecule has 2 nitrogen and oxygen atoms in total. The third kappa shape index (κ3) is 2.23. The SMILES string of the molecule is CN(C)C(O)c1ccc(F)cc1F. The highest BCUT2D eigenvalue weighted by Gasteiger charge is 2.14. The molecule has 0 aliphatic heterocycles. The van der Waals surface area contributed by atoms with Gasteiger partial charge in [0.25, 0.3) is 0 Å². The third-order valence-corrected chi connectivity index (χ3v) is 1.73. The molecule has 4 heteroatoms. The molecule has 0 aromatic heterocycles. The van der Waals surface area contributed by atoms with Crippen LogP contribution in [0.4, 0.5) is 8.78 Å². The Labute approximate surface area is 75.4 Å². The first-order valence-electron chi connectivity index (χ1n) is 3.82. The van der Waals surface area contributed by atoms with Crippen molar-refractivity contribution in [2.24, 2.45) is 0 Å². The van der Waals surface area contributed by atoms with Gasteiger partial charge in [-0.3, -0.25) is 4.90 Å². The molecule has 0 aliphatic rings. The van der Waals surface area contributed by atoms with Crippen molar-refractivity contribution in [2.45, 2.75) is 6.23 Å². The molecule has 1 aromatic rings. The molecule has 1 N–H and O–H groups in total. The highest BCUT2D eigenvalue weighted by molar-refractivity contribution is 5.20. The Hall–Kier alpha value is -1.00. The van der Waals surface area contributed by atoms with Crippen molar-refractivity contribution in [3.63, 3.8) is 0 Å². The molecule has 72 valence electrons. The number of nitrogens with zero attached hydrogens (tertiary/aromatic N) is 1. The first-order chi connectivity index (χ1) is 6.02. The number of halogens is 2. The highest BCUT2D eigenvalue weighted by atomic mass is 19.1. The van der Waals surface area contributed by atoms with Gasteiger partial charge in [-0.15, -0.1) is 0 Å². The van der Waals surface area contributed by atoms with Gasteiger partial charge < -0.3 is 5.11 Å². The Kier molecular flexibility index (Phi) is 2.95. The number of hydrogen-bond donors (Lipinski definition) is 1. The lowest BCUT2D eigenvalue weighted by Gasteiger charge is -2.18. The molecule has 0 aliphatic carbocycles. The molecule has 0 saturated heterocycles.